The van der Waals surface area contributed by atoms with E-state index in [0.29, 0.717) is 0 Å². The summed E-state index contributed by atoms with van der Waals surface area (Å²) < 4.78 is 11.7. The molecule has 0 bridgehead atoms. The second kappa shape index (κ2) is 3.62. The monoisotopic (exact) mass is 198 g/mol. The van der Waals surface area contributed by atoms with Gasteiger partial charge >= 0.3 is 0 Å². The number of thioether (sulfide) groups is 1. The molecule has 0 unspecified atom stereocenters. The molecule has 1 aromatic rings. The minimum Gasteiger partial charge on any atom is -0.258 e. The molecule has 1 heterocycles. The van der Waals surface area contributed by atoms with Gasteiger partial charge in [0.1, 0.15) is 4.58 Å². The molecule has 3 heteroatoms. The fraction of sp³-hybridized carbons (Fsp3) is 0.333. The van der Waals surface area contributed by atoms with Gasteiger partial charge in [-0.05, 0) is 5.56 Å². The highest BCUT2D eigenvalue weighted by atomic mass is 32.2. The third-order valence-electron chi connectivity index (χ3n) is 1.86. The predicted octanol–water partition coefficient (Wildman–Crippen LogP) is 2.18. The lowest BCUT2D eigenvalue weighted by Crippen LogP contribution is -1.97. The van der Waals surface area contributed by atoms with Crippen LogP contribution in [0.3, 0.4) is 0 Å². The molecule has 2 atom stereocenters. The van der Waals surface area contributed by atoms with Gasteiger partial charge in [-0.25, -0.2) is 0 Å². The molecule has 0 N–H and O–H groups in total. The van der Waals surface area contributed by atoms with Gasteiger partial charge in [-0.2, -0.15) is 0 Å². The Labute approximate surface area is 79.0 Å². The first-order valence-electron chi connectivity index (χ1n) is 3.91. The van der Waals surface area contributed by atoms with Crippen LogP contribution in [-0.2, 0) is 10.8 Å². The van der Waals surface area contributed by atoms with E-state index in [9.17, 15) is 4.21 Å². The Hall–Kier alpha value is -0.280. The highest BCUT2D eigenvalue weighted by Gasteiger charge is 2.24. The van der Waals surface area contributed by atoms with E-state index in [1.165, 1.54) is 5.56 Å². The predicted molar refractivity (Wildman–Crippen MR) is 54.7 cm³/mol. The van der Waals surface area contributed by atoms with E-state index in [-0.39, 0.29) is 4.58 Å². The summed E-state index contributed by atoms with van der Waals surface area (Å²) in [6.07, 6.45) is 0. The fourth-order valence-electron chi connectivity index (χ4n) is 1.28. The van der Waals surface area contributed by atoms with Gasteiger partial charge in [0.05, 0.1) is 0 Å². The third kappa shape index (κ3) is 1.57. The number of rotatable bonds is 1. The van der Waals surface area contributed by atoms with E-state index in [2.05, 4.69) is 12.1 Å². The molecule has 12 heavy (non-hydrogen) atoms. The largest absolute Gasteiger partial charge is 0.258 e. The van der Waals surface area contributed by atoms with Crippen LogP contribution in [0.1, 0.15) is 10.1 Å². The molecule has 1 aliphatic rings. The van der Waals surface area contributed by atoms with E-state index in [1.807, 2.05) is 18.2 Å². The Kier molecular flexibility index (Phi) is 2.51. The molecule has 1 aliphatic heterocycles. The average molecular weight is 198 g/mol. The van der Waals surface area contributed by atoms with Crippen LogP contribution in [0.4, 0.5) is 0 Å². The SMILES string of the molecule is O=[S@]1CCS[C@@H]1c1ccccc1. The van der Waals surface area contributed by atoms with Crippen LogP contribution in [0.25, 0.3) is 0 Å². The van der Waals surface area contributed by atoms with E-state index >= 15 is 0 Å². The third-order valence-corrected chi connectivity index (χ3v) is 5.55. The summed E-state index contributed by atoms with van der Waals surface area (Å²) in [6, 6.07) is 10.1. The Morgan fingerprint density at radius 1 is 1.33 bits per heavy atom. The van der Waals surface area contributed by atoms with E-state index in [4.69, 9.17) is 0 Å². The Morgan fingerprint density at radius 2 is 2.08 bits per heavy atom. The maximum atomic E-state index is 11.5. The zero-order valence-corrected chi connectivity index (χ0v) is 8.24. The minimum absolute atomic E-state index is 0.228. The van der Waals surface area contributed by atoms with E-state index in [0.717, 1.165) is 11.5 Å². The first kappa shape index (κ1) is 8.32. The van der Waals surface area contributed by atoms with Gasteiger partial charge in [-0.3, -0.25) is 4.21 Å². The first-order chi connectivity index (χ1) is 5.88. The van der Waals surface area contributed by atoms with Gasteiger partial charge in [0.25, 0.3) is 0 Å². The molecule has 1 nitrogen and oxygen atoms in total. The van der Waals surface area contributed by atoms with Gasteiger partial charge in [-0.1, -0.05) is 30.3 Å². The topological polar surface area (TPSA) is 17.1 Å². The van der Waals surface area contributed by atoms with Gasteiger partial charge in [0, 0.05) is 22.3 Å². The van der Waals surface area contributed by atoms with Crippen molar-refractivity contribution in [1.82, 2.24) is 0 Å². The Balaban J connectivity index is 2.25. The van der Waals surface area contributed by atoms with Gasteiger partial charge in [0.2, 0.25) is 0 Å². The lowest BCUT2D eigenvalue weighted by molar-refractivity contribution is 0.684. The summed E-state index contributed by atoms with van der Waals surface area (Å²) in [5.74, 6) is 1.89. The molecular weight excluding hydrogens is 188 g/mol. The van der Waals surface area contributed by atoms with Crippen molar-refractivity contribution in [2.75, 3.05) is 11.5 Å². The number of benzene rings is 1. The summed E-state index contributed by atoms with van der Waals surface area (Å²) in [5, 5.41) is 0. The van der Waals surface area contributed by atoms with E-state index < -0.39 is 10.8 Å². The Bertz CT molecular complexity index is 284. The zero-order valence-electron chi connectivity index (χ0n) is 6.60. The van der Waals surface area contributed by atoms with Crippen molar-refractivity contribution in [2.24, 2.45) is 0 Å². The fourth-order valence-corrected chi connectivity index (χ4v) is 4.74. The second-order valence-corrected chi connectivity index (χ2v) is 5.85. The summed E-state index contributed by atoms with van der Waals surface area (Å²) >= 11 is 1.80. The molecule has 2 rings (SSSR count). The normalized spacial score (nSPS) is 29.0. The maximum Gasteiger partial charge on any atom is 0.105 e. The van der Waals surface area contributed by atoms with Crippen LogP contribution < -0.4 is 0 Å². The molecule has 0 spiro atoms. The second-order valence-electron chi connectivity index (χ2n) is 2.70. The van der Waals surface area contributed by atoms with Crippen molar-refractivity contribution in [3.63, 3.8) is 0 Å². The highest BCUT2D eigenvalue weighted by molar-refractivity contribution is 8.13. The van der Waals surface area contributed by atoms with Crippen molar-refractivity contribution in [3.8, 4) is 0 Å². The van der Waals surface area contributed by atoms with Crippen LogP contribution in [-0.4, -0.2) is 15.7 Å². The summed E-state index contributed by atoms with van der Waals surface area (Å²) in [7, 11) is -0.649. The first-order valence-corrected chi connectivity index (χ1v) is 6.35. The molecule has 1 fully saturated rings. The molecule has 1 aromatic carbocycles. The minimum atomic E-state index is -0.649. The van der Waals surface area contributed by atoms with Crippen LogP contribution in [0.2, 0.25) is 0 Å². The van der Waals surface area contributed by atoms with Gasteiger partial charge in [-0.15, -0.1) is 11.8 Å². The van der Waals surface area contributed by atoms with Crippen LogP contribution in [0, 0.1) is 0 Å². The van der Waals surface area contributed by atoms with Crippen molar-refractivity contribution < 1.29 is 4.21 Å². The van der Waals surface area contributed by atoms with Crippen LogP contribution >= 0.6 is 11.8 Å². The van der Waals surface area contributed by atoms with E-state index in [1.54, 1.807) is 11.8 Å². The quantitative estimate of drug-likeness (QED) is 0.688. The lowest BCUT2D eigenvalue weighted by Gasteiger charge is -2.06. The summed E-state index contributed by atoms with van der Waals surface area (Å²) in [5.41, 5.74) is 1.21. The molecule has 0 aliphatic carbocycles. The summed E-state index contributed by atoms with van der Waals surface area (Å²) in [4.78, 5) is 0. The molecular formula is C9H10OS2. The number of hydrogen-bond donors (Lipinski definition) is 0. The molecule has 0 radical (unpaired) electrons. The maximum absolute atomic E-state index is 11.5. The van der Waals surface area contributed by atoms with Gasteiger partial charge in [0.15, 0.2) is 0 Å². The summed E-state index contributed by atoms with van der Waals surface area (Å²) in [6.45, 7) is 0. The van der Waals surface area contributed by atoms with Crippen molar-refractivity contribution in [2.45, 2.75) is 4.58 Å². The standard InChI is InChI=1S/C9H10OS2/c10-12-7-6-11-9(12)8-4-2-1-3-5-8/h1-5,9H,6-7H2/t9-,12-/m0/s1. The Morgan fingerprint density at radius 3 is 2.67 bits per heavy atom. The van der Waals surface area contributed by atoms with Crippen molar-refractivity contribution >= 4 is 22.6 Å². The van der Waals surface area contributed by atoms with Crippen molar-refractivity contribution in [3.05, 3.63) is 35.9 Å². The molecule has 64 valence electrons. The molecule has 0 saturated carbocycles. The van der Waals surface area contributed by atoms with Crippen LogP contribution in [0.5, 0.6) is 0 Å². The smallest absolute Gasteiger partial charge is 0.105 e. The van der Waals surface area contributed by atoms with Crippen molar-refractivity contribution in [1.29, 1.82) is 0 Å². The molecule has 1 saturated heterocycles. The van der Waals surface area contributed by atoms with Gasteiger partial charge < -0.3 is 0 Å². The molecule has 0 aromatic heterocycles. The number of hydrogen-bond acceptors (Lipinski definition) is 2. The lowest BCUT2D eigenvalue weighted by atomic mass is 10.2. The average Bonchev–Trinajstić information content (AvgIpc) is 2.53. The van der Waals surface area contributed by atoms with Crippen LogP contribution in [0.15, 0.2) is 30.3 Å². The molecule has 0 amide bonds. The highest BCUT2D eigenvalue weighted by Crippen LogP contribution is 2.37. The zero-order chi connectivity index (χ0) is 8.39.